The number of nitrogens with zero attached hydrogens (tertiary/aromatic N) is 4. The number of carbonyl (C=O) groups excluding carboxylic acids is 3. The van der Waals surface area contributed by atoms with Crippen LogP contribution in [-0.2, 0) is 11.2 Å². The molecule has 42 heavy (non-hydrogen) atoms. The van der Waals surface area contributed by atoms with Gasteiger partial charge in [0.1, 0.15) is 0 Å². The van der Waals surface area contributed by atoms with Gasteiger partial charge in [0, 0.05) is 69.1 Å². The van der Waals surface area contributed by atoms with E-state index in [0.29, 0.717) is 56.9 Å². The topological polar surface area (TPSA) is 128 Å². The Balaban J connectivity index is 1.34. The monoisotopic (exact) mass is 570 g/mol. The van der Waals surface area contributed by atoms with Crippen molar-refractivity contribution in [3.8, 4) is 0 Å². The molecule has 11 heteroatoms. The number of anilines is 2. The summed E-state index contributed by atoms with van der Waals surface area (Å²) >= 11 is 0. The van der Waals surface area contributed by atoms with Crippen molar-refractivity contribution in [1.29, 1.82) is 0 Å². The van der Waals surface area contributed by atoms with Crippen molar-refractivity contribution in [3.05, 3.63) is 99.6 Å². The highest BCUT2D eigenvalue weighted by Gasteiger charge is 2.25. The molecule has 2 N–H and O–H groups in total. The number of amides is 3. The Morgan fingerprint density at radius 3 is 2.24 bits per heavy atom. The SMILES string of the molecule is O=C(Nc1cc(C(=O)N2CCCNCC2)ccc1N1CCN(C(=O)Cc2ccccc2)CC1)c1ccc([N+](=O)[O-])cc1. The summed E-state index contributed by atoms with van der Waals surface area (Å²) in [5.74, 6) is -0.473. The summed E-state index contributed by atoms with van der Waals surface area (Å²) in [6.07, 6.45) is 1.21. The van der Waals surface area contributed by atoms with Gasteiger partial charge in [-0.15, -0.1) is 0 Å². The van der Waals surface area contributed by atoms with Gasteiger partial charge in [-0.1, -0.05) is 30.3 Å². The fraction of sp³-hybridized carbons (Fsp3) is 0.323. The highest BCUT2D eigenvalue weighted by molar-refractivity contribution is 6.07. The molecular formula is C31H34N6O5. The van der Waals surface area contributed by atoms with Crippen LogP contribution in [0.15, 0.2) is 72.8 Å². The fourth-order valence-corrected chi connectivity index (χ4v) is 5.28. The van der Waals surface area contributed by atoms with Crippen molar-refractivity contribution in [1.82, 2.24) is 15.1 Å². The van der Waals surface area contributed by atoms with Crippen LogP contribution in [0.3, 0.4) is 0 Å². The number of nitro benzene ring substituents is 1. The molecule has 11 nitrogen and oxygen atoms in total. The lowest BCUT2D eigenvalue weighted by Crippen LogP contribution is -2.49. The number of rotatable bonds is 7. The molecule has 0 saturated carbocycles. The number of hydrogen-bond acceptors (Lipinski definition) is 7. The third-order valence-corrected chi connectivity index (χ3v) is 7.63. The highest BCUT2D eigenvalue weighted by Crippen LogP contribution is 2.30. The molecule has 0 radical (unpaired) electrons. The molecule has 2 heterocycles. The Morgan fingerprint density at radius 2 is 1.52 bits per heavy atom. The van der Waals surface area contributed by atoms with Gasteiger partial charge in [-0.2, -0.15) is 0 Å². The van der Waals surface area contributed by atoms with Gasteiger partial charge in [0.15, 0.2) is 0 Å². The first-order chi connectivity index (χ1) is 20.4. The smallest absolute Gasteiger partial charge is 0.269 e. The van der Waals surface area contributed by atoms with E-state index in [0.717, 1.165) is 30.8 Å². The summed E-state index contributed by atoms with van der Waals surface area (Å²) in [7, 11) is 0. The third-order valence-electron chi connectivity index (χ3n) is 7.63. The first-order valence-corrected chi connectivity index (χ1v) is 14.2. The van der Waals surface area contributed by atoms with Crippen LogP contribution in [0.5, 0.6) is 0 Å². The molecule has 5 rings (SSSR count). The Hall–Kier alpha value is -4.77. The average Bonchev–Trinajstić information content (AvgIpc) is 3.31. The van der Waals surface area contributed by atoms with Crippen LogP contribution in [0.1, 0.15) is 32.7 Å². The van der Waals surface area contributed by atoms with E-state index in [9.17, 15) is 24.5 Å². The number of nitro groups is 1. The van der Waals surface area contributed by atoms with E-state index in [1.807, 2.05) is 46.2 Å². The predicted molar refractivity (Wildman–Crippen MR) is 160 cm³/mol. The molecule has 3 aromatic rings. The Kier molecular flexibility index (Phi) is 9.08. The third kappa shape index (κ3) is 6.92. The number of nitrogens with one attached hydrogen (secondary N) is 2. The molecule has 0 bridgehead atoms. The van der Waals surface area contributed by atoms with Crippen molar-refractivity contribution < 1.29 is 19.3 Å². The second kappa shape index (κ2) is 13.3. The summed E-state index contributed by atoms with van der Waals surface area (Å²) in [4.78, 5) is 55.8. The number of hydrogen-bond donors (Lipinski definition) is 2. The Morgan fingerprint density at radius 1 is 0.810 bits per heavy atom. The predicted octanol–water partition coefficient (Wildman–Crippen LogP) is 3.17. The standard InChI is InChI=1S/C31H34N6O5/c38-29(21-23-5-2-1-3-6-23)35-19-17-34(18-20-35)28-12-9-25(31(40)36-15-4-13-32-14-16-36)22-27(28)33-30(39)24-7-10-26(11-8-24)37(41)42/h1-3,5-12,22,32H,4,13-21H2,(H,33,39). The maximum absolute atomic E-state index is 13.4. The van der Waals surface area contributed by atoms with Crippen LogP contribution in [0.25, 0.3) is 0 Å². The van der Waals surface area contributed by atoms with Crippen molar-refractivity contribution in [3.63, 3.8) is 0 Å². The second-order valence-electron chi connectivity index (χ2n) is 10.4. The maximum atomic E-state index is 13.4. The second-order valence-corrected chi connectivity index (χ2v) is 10.4. The lowest BCUT2D eigenvalue weighted by Gasteiger charge is -2.37. The van der Waals surface area contributed by atoms with Gasteiger partial charge in [-0.25, -0.2) is 0 Å². The Labute approximate surface area is 244 Å². The molecule has 0 atom stereocenters. The van der Waals surface area contributed by atoms with E-state index in [4.69, 9.17) is 0 Å². The van der Waals surface area contributed by atoms with Gasteiger partial charge in [0.05, 0.1) is 22.7 Å². The largest absolute Gasteiger partial charge is 0.366 e. The molecule has 2 aliphatic heterocycles. The fourth-order valence-electron chi connectivity index (χ4n) is 5.28. The molecule has 0 aromatic heterocycles. The average molecular weight is 571 g/mol. The number of piperazine rings is 1. The van der Waals surface area contributed by atoms with E-state index in [1.165, 1.54) is 24.3 Å². The lowest BCUT2D eigenvalue weighted by molar-refractivity contribution is -0.384. The molecule has 2 aliphatic rings. The van der Waals surface area contributed by atoms with Gasteiger partial charge < -0.3 is 25.3 Å². The first kappa shape index (κ1) is 28.7. The molecule has 2 fully saturated rings. The maximum Gasteiger partial charge on any atom is 0.269 e. The van der Waals surface area contributed by atoms with Crippen molar-refractivity contribution >= 4 is 34.8 Å². The molecular weight excluding hydrogens is 536 g/mol. The van der Waals surface area contributed by atoms with Crippen molar-refractivity contribution in [2.75, 3.05) is 62.6 Å². The zero-order valence-electron chi connectivity index (χ0n) is 23.3. The molecule has 0 spiro atoms. The van der Waals surface area contributed by atoms with E-state index in [-0.39, 0.29) is 23.1 Å². The van der Waals surface area contributed by atoms with Crippen LogP contribution in [-0.4, -0.2) is 84.8 Å². The van der Waals surface area contributed by atoms with E-state index >= 15 is 0 Å². The zero-order valence-corrected chi connectivity index (χ0v) is 23.3. The molecule has 2 saturated heterocycles. The van der Waals surface area contributed by atoms with Gasteiger partial charge in [0.25, 0.3) is 17.5 Å². The first-order valence-electron chi connectivity index (χ1n) is 14.2. The molecule has 0 unspecified atom stereocenters. The van der Waals surface area contributed by atoms with Crippen LogP contribution < -0.4 is 15.5 Å². The van der Waals surface area contributed by atoms with Crippen LogP contribution in [0.4, 0.5) is 17.1 Å². The number of carbonyl (C=O) groups is 3. The summed E-state index contributed by atoms with van der Waals surface area (Å²) < 4.78 is 0. The summed E-state index contributed by atoms with van der Waals surface area (Å²) in [5.41, 5.74) is 2.82. The Bertz CT molecular complexity index is 1430. The normalized spacial score (nSPS) is 15.6. The van der Waals surface area contributed by atoms with E-state index in [2.05, 4.69) is 15.5 Å². The molecule has 218 valence electrons. The quantitative estimate of drug-likeness (QED) is 0.330. The lowest BCUT2D eigenvalue weighted by atomic mass is 10.1. The van der Waals surface area contributed by atoms with Crippen molar-refractivity contribution in [2.45, 2.75) is 12.8 Å². The van der Waals surface area contributed by atoms with Crippen LogP contribution in [0, 0.1) is 10.1 Å². The zero-order chi connectivity index (χ0) is 29.5. The minimum Gasteiger partial charge on any atom is -0.366 e. The van der Waals surface area contributed by atoms with Gasteiger partial charge >= 0.3 is 0 Å². The minimum absolute atomic E-state index is 0.0698. The number of benzene rings is 3. The van der Waals surface area contributed by atoms with Crippen LogP contribution >= 0.6 is 0 Å². The molecule has 3 aromatic carbocycles. The number of non-ortho nitro benzene ring substituents is 1. The van der Waals surface area contributed by atoms with Gasteiger partial charge in [-0.3, -0.25) is 24.5 Å². The van der Waals surface area contributed by atoms with Gasteiger partial charge in [0.2, 0.25) is 5.91 Å². The highest BCUT2D eigenvalue weighted by atomic mass is 16.6. The van der Waals surface area contributed by atoms with Gasteiger partial charge in [-0.05, 0) is 48.9 Å². The molecule has 3 amide bonds. The summed E-state index contributed by atoms with van der Waals surface area (Å²) in [6, 6.07) is 20.4. The van der Waals surface area contributed by atoms with Crippen LogP contribution in [0.2, 0.25) is 0 Å². The minimum atomic E-state index is -0.516. The molecule has 0 aliphatic carbocycles. The van der Waals surface area contributed by atoms with E-state index < -0.39 is 10.8 Å². The van der Waals surface area contributed by atoms with Crippen molar-refractivity contribution in [2.24, 2.45) is 0 Å². The summed E-state index contributed by atoms with van der Waals surface area (Å²) in [5, 5.41) is 17.3. The van der Waals surface area contributed by atoms with E-state index in [1.54, 1.807) is 12.1 Å². The summed E-state index contributed by atoms with van der Waals surface area (Å²) in [6.45, 7) is 5.02.